The SMILES string of the molecule is COCCn1c(C2CCCCC2)nnc1N(C)c1ccc(F)cc1. The first kappa shape index (κ1) is 16.9. The smallest absolute Gasteiger partial charge is 0.231 e. The molecule has 1 aromatic carbocycles. The molecule has 0 radical (unpaired) electrons. The topological polar surface area (TPSA) is 43.2 Å². The molecule has 5 nitrogen and oxygen atoms in total. The molecule has 0 aliphatic heterocycles. The van der Waals surface area contributed by atoms with E-state index in [4.69, 9.17) is 4.74 Å². The van der Waals surface area contributed by atoms with Crippen LogP contribution < -0.4 is 4.90 Å². The van der Waals surface area contributed by atoms with Gasteiger partial charge in [0.25, 0.3) is 0 Å². The zero-order valence-corrected chi connectivity index (χ0v) is 14.4. The van der Waals surface area contributed by atoms with Crippen LogP contribution >= 0.6 is 0 Å². The highest BCUT2D eigenvalue weighted by Gasteiger charge is 2.24. The minimum Gasteiger partial charge on any atom is -0.383 e. The summed E-state index contributed by atoms with van der Waals surface area (Å²) < 4.78 is 20.6. The van der Waals surface area contributed by atoms with Crippen molar-refractivity contribution in [1.82, 2.24) is 14.8 Å². The Morgan fingerprint density at radius 2 is 1.88 bits per heavy atom. The van der Waals surface area contributed by atoms with Crippen molar-refractivity contribution in [3.05, 3.63) is 35.9 Å². The molecule has 0 N–H and O–H groups in total. The zero-order chi connectivity index (χ0) is 16.9. The van der Waals surface area contributed by atoms with Gasteiger partial charge in [0.05, 0.1) is 13.2 Å². The molecule has 1 heterocycles. The number of anilines is 2. The van der Waals surface area contributed by atoms with Crippen molar-refractivity contribution >= 4 is 11.6 Å². The number of rotatable bonds is 6. The van der Waals surface area contributed by atoms with Gasteiger partial charge >= 0.3 is 0 Å². The summed E-state index contributed by atoms with van der Waals surface area (Å²) in [6.07, 6.45) is 6.16. The molecule has 2 aromatic rings. The lowest BCUT2D eigenvalue weighted by molar-refractivity contribution is 0.185. The molecule has 0 unspecified atom stereocenters. The Morgan fingerprint density at radius 1 is 1.17 bits per heavy atom. The van der Waals surface area contributed by atoms with E-state index in [9.17, 15) is 4.39 Å². The van der Waals surface area contributed by atoms with Gasteiger partial charge in [0.2, 0.25) is 5.95 Å². The fraction of sp³-hybridized carbons (Fsp3) is 0.556. The lowest BCUT2D eigenvalue weighted by Gasteiger charge is -2.24. The Bertz CT molecular complexity index is 650. The summed E-state index contributed by atoms with van der Waals surface area (Å²) in [6, 6.07) is 6.43. The van der Waals surface area contributed by atoms with Crippen LogP contribution in [0.3, 0.4) is 0 Å². The quantitative estimate of drug-likeness (QED) is 0.805. The molecule has 0 amide bonds. The van der Waals surface area contributed by atoms with Gasteiger partial charge in [-0.05, 0) is 37.1 Å². The second-order valence-corrected chi connectivity index (χ2v) is 6.37. The van der Waals surface area contributed by atoms with E-state index in [1.165, 1.54) is 44.2 Å². The summed E-state index contributed by atoms with van der Waals surface area (Å²) >= 11 is 0. The van der Waals surface area contributed by atoms with Gasteiger partial charge in [-0.3, -0.25) is 4.57 Å². The number of hydrogen-bond donors (Lipinski definition) is 0. The molecule has 1 fully saturated rings. The molecular formula is C18H25FN4O. The normalized spacial score (nSPS) is 15.6. The summed E-state index contributed by atoms with van der Waals surface area (Å²) in [6.45, 7) is 1.33. The number of halogens is 1. The molecule has 6 heteroatoms. The van der Waals surface area contributed by atoms with Gasteiger partial charge in [0.15, 0.2) is 0 Å². The Hall–Kier alpha value is -1.95. The number of methoxy groups -OCH3 is 1. The minimum absolute atomic E-state index is 0.240. The van der Waals surface area contributed by atoms with E-state index in [0.717, 1.165) is 24.0 Å². The third-order valence-electron chi connectivity index (χ3n) is 4.76. The molecule has 24 heavy (non-hydrogen) atoms. The standard InChI is InChI=1S/C18H25FN4O/c1-22(16-10-8-15(19)9-11-16)18-21-20-17(23(18)12-13-24-2)14-6-4-3-5-7-14/h8-11,14H,3-7,12-13H2,1-2H3. The Labute approximate surface area is 142 Å². The largest absolute Gasteiger partial charge is 0.383 e. The fourth-order valence-electron chi connectivity index (χ4n) is 3.39. The molecule has 0 saturated heterocycles. The lowest BCUT2D eigenvalue weighted by atomic mass is 9.88. The molecule has 1 aliphatic carbocycles. The maximum atomic E-state index is 13.2. The van der Waals surface area contributed by atoms with Gasteiger partial charge in [-0.1, -0.05) is 19.3 Å². The van der Waals surface area contributed by atoms with E-state index < -0.39 is 0 Å². The number of aromatic nitrogens is 3. The second-order valence-electron chi connectivity index (χ2n) is 6.37. The maximum absolute atomic E-state index is 13.2. The van der Waals surface area contributed by atoms with Crippen molar-refractivity contribution in [3.63, 3.8) is 0 Å². The van der Waals surface area contributed by atoms with Crippen LogP contribution in [0.25, 0.3) is 0 Å². The van der Waals surface area contributed by atoms with Crippen molar-refractivity contribution < 1.29 is 9.13 Å². The molecule has 0 spiro atoms. The number of nitrogens with zero attached hydrogens (tertiary/aromatic N) is 4. The lowest BCUT2D eigenvalue weighted by Crippen LogP contribution is -2.20. The molecule has 130 valence electrons. The Balaban J connectivity index is 1.90. The van der Waals surface area contributed by atoms with Crippen LogP contribution in [0.5, 0.6) is 0 Å². The third kappa shape index (κ3) is 3.59. The van der Waals surface area contributed by atoms with Crippen molar-refractivity contribution in [2.45, 2.75) is 44.6 Å². The van der Waals surface area contributed by atoms with Crippen molar-refractivity contribution in [2.75, 3.05) is 25.7 Å². The average Bonchev–Trinajstić information content (AvgIpc) is 3.04. The first-order valence-electron chi connectivity index (χ1n) is 8.62. The van der Waals surface area contributed by atoms with Gasteiger partial charge in [-0.25, -0.2) is 4.39 Å². The Morgan fingerprint density at radius 3 is 2.54 bits per heavy atom. The highest BCUT2D eigenvalue weighted by molar-refractivity contribution is 5.56. The first-order valence-corrected chi connectivity index (χ1v) is 8.62. The van der Waals surface area contributed by atoms with Crippen LogP contribution in [0.15, 0.2) is 24.3 Å². The minimum atomic E-state index is -0.240. The van der Waals surface area contributed by atoms with Crippen molar-refractivity contribution in [2.24, 2.45) is 0 Å². The number of ether oxygens (including phenoxy) is 1. The zero-order valence-electron chi connectivity index (χ0n) is 14.4. The van der Waals surface area contributed by atoms with Crippen molar-refractivity contribution in [1.29, 1.82) is 0 Å². The Kier molecular flexibility index (Phi) is 5.45. The number of benzene rings is 1. The predicted molar refractivity (Wildman–Crippen MR) is 92.2 cm³/mol. The highest BCUT2D eigenvalue weighted by atomic mass is 19.1. The molecule has 1 saturated carbocycles. The van der Waals surface area contributed by atoms with Gasteiger partial charge in [0, 0.05) is 25.8 Å². The predicted octanol–water partition coefficient (Wildman–Crippen LogP) is 3.88. The number of hydrogen-bond acceptors (Lipinski definition) is 4. The average molecular weight is 332 g/mol. The van der Waals surface area contributed by atoms with Gasteiger partial charge in [0.1, 0.15) is 11.6 Å². The van der Waals surface area contributed by atoms with E-state index in [1.807, 2.05) is 11.9 Å². The second kappa shape index (κ2) is 7.75. The molecule has 3 rings (SSSR count). The molecule has 1 aliphatic rings. The van der Waals surface area contributed by atoms with E-state index in [0.29, 0.717) is 12.5 Å². The van der Waals surface area contributed by atoms with Crippen LogP contribution in [0.4, 0.5) is 16.0 Å². The van der Waals surface area contributed by atoms with Gasteiger partial charge < -0.3 is 9.64 Å². The molecular weight excluding hydrogens is 307 g/mol. The van der Waals surface area contributed by atoms with Gasteiger partial charge in [-0.15, -0.1) is 10.2 Å². The third-order valence-corrected chi connectivity index (χ3v) is 4.76. The summed E-state index contributed by atoms with van der Waals surface area (Å²) in [4.78, 5) is 1.95. The maximum Gasteiger partial charge on any atom is 0.231 e. The fourth-order valence-corrected chi connectivity index (χ4v) is 3.39. The summed E-state index contributed by atoms with van der Waals surface area (Å²) in [5.74, 6) is 2.06. The highest BCUT2D eigenvalue weighted by Crippen LogP contribution is 2.34. The van der Waals surface area contributed by atoms with Crippen LogP contribution in [-0.2, 0) is 11.3 Å². The molecule has 1 aromatic heterocycles. The first-order chi connectivity index (χ1) is 11.7. The van der Waals surface area contributed by atoms with Crippen LogP contribution in [-0.4, -0.2) is 35.5 Å². The monoisotopic (exact) mass is 332 g/mol. The van der Waals surface area contributed by atoms with E-state index in [1.54, 1.807) is 19.2 Å². The van der Waals surface area contributed by atoms with Crippen LogP contribution in [0.2, 0.25) is 0 Å². The van der Waals surface area contributed by atoms with E-state index in [-0.39, 0.29) is 5.82 Å². The molecule has 0 atom stereocenters. The van der Waals surface area contributed by atoms with Crippen molar-refractivity contribution in [3.8, 4) is 0 Å². The molecule has 0 bridgehead atoms. The van der Waals surface area contributed by atoms with Crippen LogP contribution in [0.1, 0.15) is 43.8 Å². The van der Waals surface area contributed by atoms with Crippen LogP contribution in [0, 0.1) is 5.82 Å². The summed E-state index contributed by atoms with van der Waals surface area (Å²) in [5.41, 5.74) is 0.887. The van der Waals surface area contributed by atoms with E-state index >= 15 is 0 Å². The van der Waals surface area contributed by atoms with E-state index in [2.05, 4.69) is 14.8 Å². The summed E-state index contributed by atoms with van der Waals surface area (Å²) in [7, 11) is 3.64. The summed E-state index contributed by atoms with van der Waals surface area (Å²) in [5, 5.41) is 8.93. The van der Waals surface area contributed by atoms with Gasteiger partial charge in [-0.2, -0.15) is 0 Å².